The van der Waals surface area contributed by atoms with Crippen molar-refractivity contribution in [1.29, 1.82) is 0 Å². The SMILES string of the molecule is CC(C)N1CC2(CCCN(c3nc(N)nc4nc[nH]c34)C2)CCC1=O. The average molecular weight is 343 g/mol. The summed E-state index contributed by atoms with van der Waals surface area (Å²) in [5.41, 5.74) is 7.45. The normalized spacial score (nSPS) is 24.7. The molecule has 2 aliphatic heterocycles. The molecule has 2 aromatic rings. The van der Waals surface area contributed by atoms with Gasteiger partial charge in [-0.3, -0.25) is 4.79 Å². The van der Waals surface area contributed by atoms with E-state index in [0.29, 0.717) is 12.1 Å². The fourth-order valence-electron chi connectivity index (χ4n) is 4.30. The molecule has 2 fully saturated rings. The molecule has 8 nitrogen and oxygen atoms in total. The van der Waals surface area contributed by atoms with Crippen molar-refractivity contribution < 1.29 is 4.79 Å². The van der Waals surface area contributed by atoms with Gasteiger partial charge in [-0.15, -0.1) is 0 Å². The van der Waals surface area contributed by atoms with Crippen LogP contribution in [0.15, 0.2) is 6.33 Å². The number of carbonyl (C=O) groups excluding carboxylic acids is 1. The molecule has 134 valence electrons. The number of rotatable bonds is 2. The van der Waals surface area contributed by atoms with E-state index in [-0.39, 0.29) is 23.3 Å². The third-order valence-electron chi connectivity index (χ3n) is 5.56. The van der Waals surface area contributed by atoms with Crippen molar-refractivity contribution in [3.8, 4) is 0 Å². The molecule has 0 aliphatic carbocycles. The van der Waals surface area contributed by atoms with Crippen LogP contribution in [0.4, 0.5) is 11.8 Å². The van der Waals surface area contributed by atoms with Crippen LogP contribution in [0, 0.1) is 5.41 Å². The van der Waals surface area contributed by atoms with Gasteiger partial charge in [0.15, 0.2) is 11.5 Å². The van der Waals surface area contributed by atoms with Crippen LogP contribution >= 0.6 is 0 Å². The average Bonchev–Trinajstić information content (AvgIpc) is 3.05. The fourth-order valence-corrected chi connectivity index (χ4v) is 4.30. The molecule has 2 aliphatic rings. The molecular formula is C17H25N7O. The quantitative estimate of drug-likeness (QED) is 0.857. The Hall–Kier alpha value is -2.38. The van der Waals surface area contributed by atoms with Crippen molar-refractivity contribution in [2.75, 3.05) is 30.3 Å². The monoisotopic (exact) mass is 343 g/mol. The largest absolute Gasteiger partial charge is 0.368 e. The lowest BCUT2D eigenvalue weighted by molar-refractivity contribution is -0.140. The minimum absolute atomic E-state index is 0.127. The molecule has 1 unspecified atom stereocenters. The summed E-state index contributed by atoms with van der Waals surface area (Å²) in [6.45, 7) is 6.83. The van der Waals surface area contributed by atoms with E-state index in [1.807, 2.05) is 4.90 Å². The highest BCUT2D eigenvalue weighted by molar-refractivity contribution is 5.84. The van der Waals surface area contributed by atoms with E-state index in [1.165, 1.54) is 0 Å². The summed E-state index contributed by atoms with van der Waals surface area (Å²) in [6.07, 6.45) is 5.43. The first-order chi connectivity index (χ1) is 12.0. The minimum Gasteiger partial charge on any atom is -0.368 e. The number of nitrogens with one attached hydrogen (secondary N) is 1. The highest BCUT2D eigenvalue weighted by atomic mass is 16.2. The molecule has 1 amide bonds. The molecule has 4 rings (SSSR count). The summed E-state index contributed by atoms with van der Waals surface area (Å²) in [5.74, 6) is 1.35. The highest BCUT2D eigenvalue weighted by Gasteiger charge is 2.43. The Kier molecular flexibility index (Phi) is 3.77. The Morgan fingerprint density at radius 1 is 1.28 bits per heavy atom. The van der Waals surface area contributed by atoms with Crippen LogP contribution in [0.2, 0.25) is 0 Å². The third-order valence-corrected chi connectivity index (χ3v) is 5.56. The first kappa shape index (κ1) is 16.1. The maximum atomic E-state index is 12.3. The van der Waals surface area contributed by atoms with E-state index in [4.69, 9.17) is 5.73 Å². The molecule has 0 saturated carbocycles. The number of fused-ring (bicyclic) bond motifs is 1. The zero-order chi connectivity index (χ0) is 17.6. The number of nitrogen functional groups attached to an aromatic ring is 1. The van der Waals surface area contributed by atoms with Gasteiger partial charge in [-0.05, 0) is 33.1 Å². The summed E-state index contributed by atoms with van der Waals surface area (Å²) in [6, 6.07) is 0.245. The molecule has 4 heterocycles. The van der Waals surface area contributed by atoms with Crippen LogP contribution in [0.3, 0.4) is 0 Å². The third kappa shape index (κ3) is 2.79. The van der Waals surface area contributed by atoms with Gasteiger partial charge in [0.2, 0.25) is 11.9 Å². The molecule has 2 aromatic heterocycles. The predicted octanol–water partition coefficient (Wildman–Crippen LogP) is 1.55. The molecule has 25 heavy (non-hydrogen) atoms. The number of amides is 1. The fraction of sp³-hybridized carbons (Fsp3) is 0.647. The molecule has 0 aromatic carbocycles. The van der Waals surface area contributed by atoms with Gasteiger partial charge in [-0.1, -0.05) is 0 Å². The summed E-state index contributed by atoms with van der Waals surface area (Å²) < 4.78 is 0. The zero-order valence-corrected chi connectivity index (χ0v) is 14.8. The lowest BCUT2D eigenvalue weighted by atomic mass is 9.73. The van der Waals surface area contributed by atoms with Crippen LogP contribution in [-0.2, 0) is 4.79 Å². The number of nitrogens with zero attached hydrogens (tertiary/aromatic N) is 5. The highest BCUT2D eigenvalue weighted by Crippen LogP contribution is 2.41. The van der Waals surface area contributed by atoms with Gasteiger partial charge in [0.05, 0.1) is 6.33 Å². The second kappa shape index (κ2) is 5.86. The lowest BCUT2D eigenvalue weighted by Gasteiger charge is -2.49. The summed E-state index contributed by atoms with van der Waals surface area (Å²) >= 11 is 0. The number of piperidine rings is 2. The number of likely N-dealkylation sites (tertiary alicyclic amines) is 1. The maximum absolute atomic E-state index is 12.3. The second-order valence-electron chi connectivity index (χ2n) is 7.65. The molecule has 1 spiro atoms. The Balaban J connectivity index is 1.64. The number of aromatic nitrogens is 4. The Morgan fingerprint density at radius 3 is 2.92 bits per heavy atom. The van der Waals surface area contributed by atoms with Crippen LogP contribution in [-0.4, -0.2) is 56.4 Å². The lowest BCUT2D eigenvalue weighted by Crippen LogP contribution is -2.55. The van der Waals surface area contributed by atoms with Gasteiger partial charge in [0.25, 0.3) is 0 Å². The van der Waals surface area contributed by atoms with Gasteiger partial charge in [0.1, 0.15) is 5.52 Å². The van der Waals surface area contributed by atoms with E-state index < -0.39 is 0 Å². The van der Waals surface area contributed by atoms with Gasteiger partial charge in [0, 0.05) is 37.5 Å². The van der Waals surface area contributed by atoms with Crippen molar-refractivity contribution in [2.45, 2.75) is 45.6 Å². The summed E-state index contributed by atoms with van der Waals surface area (Å²) in [4.78, 5) is 32.6. The van der Waals surface area contributed by atoms with Crippen molar-refractivity contribution in [1.82, 2.24) is 24.8 Å². The predicted molar refractivity (Wildman–Crippen MR) is 96.1 cm³/mol. The maximum Gasteiger partial charge on any atom is 0.224 e. The van der Waals surface area contributed by atoms with Crippen molar-refractivity contribution in [3.63, 3.8) is 0 Å². The Bertz CT molecular complexity index is 801. The Labute approximate surface area is 146 Å². The van der Waals surface area contributed by atoms with Gasteiger partial charge < -0.3 is 20.5 Å². The van der Waals surface area contributed by atoms with E-state index in [1.54, 1.807) is 6.33 Å². The van der Waals surface area contributed by atoms with E-state index in [2.05, 4.69) is 38.7 Å². The van der Waals surface area contributed by atoms with Crippen LogP contribution in [0.25, 0.3) is 11.2 Å². The van der Waals surface area contributed by atoms with E-state index >= 15 is 0 Å². The number of hydrogen-bond donors (Lipinski definition) is 2. The number of anilines is 2. The molecule has 0 bridgehead atoms. The number of nitrogens with two attached hydrogens (primary N) is 1. The first-order valence-electron chi connectivity index (χ1n) is 8.98. The molecule has 0 radical (unpaired) electrons. The summed E-state index contributed by atoms with van der Waals surface area (Å²) in [7, 11) is 0. The molecule has 3 N–H and O–H groups in total. The smallest absolute Gasteiger partial charge is 0.224 e. The number of hydrogen-bond acceptors (Lipinski definition) is 6. The standard InChI is InChI=1S/C17H25N7O/c1-11(2)24-9-17(6-4-12(24)25)5-3-7-23(8-17)15-13-14(20-10-19-13)21-16(18)22-15/h10-11H,3-9H2,1-2H3,(H3,18,19,20,21,22). The van der Waals surface area contributed by atoms with Gasteiger partial charge in [-0.2, -0.15) is 9.97 Å². The topological polar surface area (TPSA) is 104 Å². The van der Waals surface area contributed by atoms with Crippen LogP contribution in [0.1, 0.15) is 39.5 Å². The number of aromatic amines is 1. The number of H-pyrrole nitrogens is 1. The molecule has 8 heteroatoms. The van der Waals surface area contributed by atoms with Crippen LogP contribution < -0.4 is 10.6 Å². The summed E-state index contributed by atoms with van der Waals surface area (Å²) in [5, 5.41) is 0. The molecule has 2 saturated heterocycles. The van der Waals surface area contributed by atoms with Crippen LogP contribution in [0.5, 0.6) is 0 Å². The Morgan fingerprint density at radius 2 is 2.12 bits per heavy atom. The van der Waals surface area contributed by atoms with Gasteiger partial charge in [-0.25, -0.2) is 4.98 Å². The zero-order valence-electron chi connectivity index (χ0n) is 14.8. The van der Waals surface area contributed by atoms with E-state index in [9.17, 15) is 4.79 Å². The van der Waals surface area contributed by atoms with E-state index in [0.717, 1.165) is 50.2 Å². The van der Waals surface area contributed by atoms with Gasteiger partial charge >= 0.3 is 0 Å². The van der Waals surface area contributed by atoms with Crippen molar-refractivity contribution in [2.24, 2.45) is 5.41 Å². The molecular weight excluding hydrogens is 318 g/mol. The second-order valence-corrected chi connectivity index (χ2v) is 7.65. The minimum atomic E-state index is 0.127. The molecule has 1 atom stereocenters. The number of imidazole rings is 1. The van der Waals surface area contributed by atoms with Crippen molar-refractivity contribution in [3.05, 3.63) is 6.33 Å². The first-order valence-corrected chi connectivity index (χ1v) is 8.98. The van der Waals surface area contributed by atoms with Crippen molar-refractivity contribution >= 4 is 28.8 Å². The number of carbonyl (C=O) groups is 1.